The van der Waals surface area contributed by atoms with Crippen LogP contribution in [0.5, 0.6) is 5.75 Å². The van der Waals surface area contributed by atoms with Crippen molar-refractivity contribution in [2.45, 2.75) is 39.2 Å². The van der Waals surface area contributed by atoms with Gasteiger partial charge < -0.3 is 24.4 Å². The topological polar surface area (TPSA) is 92.6 Å². The van der Waals surface area contributed by atoms with E-state index in [9.17, 15) is 9.59 Å². The second kappa shape index (κ2) is 10.5. The fraction of sp³-hybridized carbons (Fsp3) is 0.440. The highest BCUT2D eigenvalue weighted by Crippen LogP contribution is 2.29. The highest BCUT2D eigenvalue weighted by Gasteiger charge is 2.17. The number of carbonyl (C=O) groups excluding carboxylic acids is 1. The van der Waals surface area contributed by atoms with Crippen molar-refractivity contribution in [3.8, 4) is 5.75 Å². The van der Waals surface area contributed by atoms with Crippen LogP contribution in [-0.2, 0) is 4.79 Å². The number of aromatic nitrogens is 3. The lowest BCUT2D eigenvalue weighted by atomic mass is 10.1. The minimum Gasteiger partial charge on any atom is -0.478 e. The molecule has 0 unspecified atom stereocenters. The summed E-state index contributed by atoms with van der Waals surface area (Å²) in [5.74, 6) is 1.09. The Labute approximate surface area is 209 Å². The number of piperidine rings is 1. The van der Waals surface area contributed by atoms with Crippen molar-refractivity contribution in [1.82, 2.24) is 19.4 Å². The zero-order chi connectivity index (χ0) is 25.1. The van der Waals surface area contributed by atoms with E-state index in [0.717, 1.165) is 42.5 Å². The molecule has 0 atom stereocenters. The first kappa shape index (κ1) is 24.8. The smallest absolute Gasteiger partial charge is 0.293 e. The van der Waals surface area contributed by atoms with Gasteiger partial charge in [-0.15, -0.1) is 0 Å². The van der Waals surface area contributed by atoms with E-state index < -0.39 is 0 Å². The van der Waals surface area contributed by atoms with Gasteiger partial charge in [0.25, 0.3) is 11.5 Å². The Morgan fingerprint density at radius 2 is 1.94 bits per heavy atom. The van der Waals surface area contributed by atoms with Crippen molar-refractivity contribution in [2.75, 3.05) is 44.0 Å². The number of anilines is 3. The summed E-state index contributed by atoms with van der Waals surface area (Å²) in [6.45, 7) is 5.53. The number of benzene rings is 1. The number of nitrogens with zero attached hydrogens (tertiary/aromatic N) is 5. The van der Waals surface area contributed by atoms with E-state index in [-0.39, 0.29) is 29.9 Å². The average molecular weight is 499 g/mol. The zero-order valence-electron chi connectivity index (χ0n) is 20.5. The molecule has 3 aromatic rings. The summed E-state index contributed by atoms with van der Waals surface area (Å²) in [5.41, 5.74) is 1.25. The molecule has 1 fully saturated rings. The van der Waals surface area contributed by atoms with Gasteiger partial charge in [0.1, 0.15) is 5.02 Å². The minimum absolute atomic E-state index is 0.0969. The standard InChI is InChI=1S/C25H31ClN6O3/c1-16(2)32-20-9-8-18(12-17(20)13-21(24(32)34)35-15-22(33)30(3)4)28-23-19(26)14-27-25(29-23)31-10-6-5-7-11-31/h8-9,12-14,16H,5-7,10-11,15H2,1-4H3,(H,27,28,29). The Balaban J connectivity index is 1.67. The molecule has 0 spiro atoms. The summed E-state index contributed by atoms with van der Waals surface area (Å²) in [7, 11) is 3.29. The number of carbonyl (C=O) groups is 1. The van der Waals surface area contributed by atoms with E-state index in [1.807, 2.05) is 32.0 Å². The quantitative estimate of drug-likeness (QED) is 0.521. The molecule has 0 saturated carbocycles. The molecule has 186 valence electrons. The normalized spacial score (nSPS) is 13.8. The van der Waals surface area contributed by atoms with Gasteiger partial charge in [-0.3, -0.25) is 9.59 Å². The number of pyridine rings is 1. The second-order valence-electron chi connectivity index (χ2n) is 9.17. The SMILES string of the molecule is CC(C)n1c(=O)c(OCC(=O)N(C)C)cc2cc(Nc3nc(N4CCCCC4)ncc3Cl)ccc21. The molecule has 0 aliphatic carbocycles. The monoisotopic (exact) mass is 498 g/mol. The summed E-state index contributed by atoms with van der Waals surface area (Å²) < 4.78 is 7.29. The predicted molar refractivity (Wildman–Crippen MR) is 139 cm³/mol. The molecule has 1 amide bonds. The second-order valence-corrected chi connectivity index (χ2v) is 9.57. The largest absolute Gasteiger partial charge is 0.478 e. The first-order valence-corrected chi connectivity index (χ1v) is 12.2. The third-order valence-corrected chi connectivity index (χ3v) is 6.28. The Bertz CT molecular complexity index is 1280. The molecule has 35 heavy (non-hydrogen) atoms. The molecule has 3 heterocycles. The van der Waals surface area contributed by atoms with Gasteiger partial charge in [-0.1, -0.05) is 11.6 Å². The van der Waals surface area contributed by atoms with Crippen LogP contribution in [0.15, 0.2) is 35.3 Å². The van der Waals surface area contributed by atoms with Gasteiger partial charge in [0.15, 0.2) is 18.2 Å². The van der Waals surface area contributed by atoms with Gasteiger partial charge in [-0.25, -0.2) is 4.98 Å². The average Bonchev–Trinajstić information content (AvgIpc) is 2.84. The van der Waals surface area contributed by atoms with Crippen LogP contribution in [0, 0.1) is 0 Å². The van der Waals surface area contributed by atoms with Crippen LogP contribution in [0.25, 0.3) is 10.9 Å². The van der Waals surface area contributed by atoms with Crippen molar-refractivity contribution in [2.24, 2.45) is 0 Å². The molecular formula is C25H31ClN6O3. The molecule has 1 aliphatic heterocycles. The van der Waals surface area contributed by atoms with Crippen molar-refractivity contribution in [3.63, 3.8) is 0 Å². The van der Waals surface area contributed by atoms with E-state index >= 15 is 0 Å². The number of fused-ring (bicyclic) bond motifs is 1. The number of nitrogens with one attached hydrogen (secondary N) is 1. The third-order valence-electron chi connectivity index (χ3n) is 6.00. The van der Waals surface area contributed by atoms with Crippen molar-refractivity contribution < 1.29 is 9.53 Å². The lowest BCUT2D eigenvalue weighted by Gasteiger charge is -2.27. The van der Waals surface area contributed by atoms with Crippen LogP contribution in [0.4, 0.5) is 17.5 Å². The molecule has 0 radical (unpaired) electrons. The van der Waals surface area contributed by atoms with E-state index in [2.05, 4.69) is 20.2 Å². The minimum atomic E-state index is -0.273. The molecule has 1 saturated heterocycles. The maximum absolute atomic E-state index is 13.1. The van der Waals surface area contributed by atoms with Crippen LogP contribution in [0.1, 0.15) is 39.2 Å². The van der Waals surface area contributed by atoms with E-state index in [1.54, 1.807) is 30.9 Å². The summed E-state index contributed by atoms with van der Waals surface area (Å²) in [6.07, 6.45) is 5.10. The molecular weight excluding hydrogens is 468 g/mol. The van der Waals surface area contributed by atoms with E-state index in [0.29, 0.717) is 16.8 Å². The van der Waals surface area contributed by atoms with Crippen molar-refractivity contribution in [1.29, 1.82) is 0 Å². The molecule has 9 nitrogen and oxygen atoms in total. The Morgan fingerprint density at radius 1 is 1.20 bits per heavy atom. The zero-order valence-corrected chi connectivity index (χ0v) is 21.3. The number of hydrogen-bond acceptors (Lipinski definition) is 7. The molecule has 1 N–H and O–H groups in total. The van der Waals surface area contributed by atoms with E-state index in [4.69, 9.17) is 16.3 Å². The maximum Gasteiger partial charge on any atom is 0.293 e. The predicted octanol–water partition coefficient (Wildman–Crippen LogP) is 4.23. The van der Waals surface area contributed by atoms with Crippen LogP contribution in [0.3, 0.4) is 0 Å². The highest BCUT2D eigenvalue weighted by atomic mass is 35.5. The highest BCUT2D eigenvalue weighted by molar-refractivity contribution is 6.32. The van der Waals surface area contributed by atoms with Gasteiger partial charge in [0.05, 0.1) is 11.7 Å². The first-order valence-electron chi connectivity index (χ1n) is 11.8. The van der Waals surface area contributed by atoms with Crippen LogP contribution in [0.2, 0.25) is 5.02 Å². The van der Waals surface area contributed by atoms with Crippen molar-refractivity contribution in [3.05, 3.63) is 45.8 Å². The lowest BCUT2D eigenvalue weighted by Crippen LogP contribution is -2.31. The lowest BCUT2D eigenvalue weighted by molar-refractivity contribution is -0.130. The number of amides is 1. The number of ether oxygens (including phenoxy) is 1. The van der Waals surface area contributed by atoms with Crippen molar-refractivity contribution >= 4 is 45.9 Å². The maximum atomic E-state index is 13.1. The molecule has 2 aromatic heterocycles. The first-order chi connectivity index (χ1) is 16.7. The Hall–Kier alpha value is -3.33. The molecule has 1 aromatic carbocycles. The molecule has 4 rings (SSSR count). The molecule has 0 bridgehead atoms. The van der Waals surface area contributed by atoms with Crippen LogP contribution < -0.4 is 20.5 Å². The summed E-state index contributed by atoms with van der Waals surface area (Å²) in [6, 6.07) is 7.25. The van der Waals surface area contributed by atoms with Gasteiger partial charge in [-0.05, 0) is 57.4 Å². The number of halogens is 1. The van der Waals surface area contributed by atoms with Crippen LogP contribution in [-0.4, -0.2) is 59.1 Å². The van der Waals surface area contributed by atoms with Gasteiger partial charge in [-0.2, -0.15) is 4.98 Å². The fourth-order valence-corrected chi connectivity index (χ4v) is 4.25. The summed E-state index contributed by atoms with van der Waals surface area (Å²) in [5, 5.41) is 4.50. The van der Waals surface area contributed by atoms with Gasteiger partial charge >= 0.3 is 0 Å². The number of likely N-dealkylation sites (N-methyl/N-ethyl adjacent to an activating group) is 1. The van der Waals surface area contributed by atoms with Gasteiger partial charge in [0.2, 0.25) is 5.95 Å². The Morgan fingerprint density at radius 3 is 2.63 bits per heavy atom. The third kappa shape index (κ3) is 5.51. The van der Waals surface area contributed by atoms with Crippen LogP contribution >= 0.6 is 11.6 Å². The summed E-state index contributed by atoms with van der Waals surface area (Å²) >= 11 is 6.41. The fourth-order valence-electron chi connectivity index (χ4n) is 4.11. The molecule has 1 aliphatic rings. The Kier molecular flexibility index (Phi) is 7.45. The van der Waals surface area contributed by atoms with E-state index in [1.165, 1.54) is 11.3 Å². The molecule has 10 heteroatoms. The summed E-state index contributed by atoms with van der Waals surface area (Å²) in [4.78, 5) is 37.7. The van der Waals surface area contributed by atoms with Gasteiger partial charge in [0, 0.05) is 44.3 Å². The number of hydrogen-bond donors (Lipinski definition) is 1. The number of rotatable bonds is 7.